The van der Waals surface area contributed by atoms with Crippen LogP contribution in [0.3, 0.4) is 0 Å². The summed E-state index contributed by atoms with van der Waals surface area (Å²) in [6, 6.07) is 6.03. The average Bonchev–Trinajstić information content (AvgIpc) is 3.10. The van der Waals surface area contributed by atoms with Gasteiger partial charge in [-0.1, -0.05) is 12.1 Å². The Morgan fingerprint density at radius 3 is 2.79 bits per heavy atom. The SMILES string of the molecule is CC(C)(C)OC(=O)N1CC[C@H](c2ccc3cnn(C4CCCCO4)c3c2)[C@H](F)C1. The van der Waals surface area contributed by atoms with E-state index in [1.807, 2.05) is 49.8 Å². The topological polar surface area (TPSA) is 56.6 Å². The number of carbonyl (C=O) groups excluding carboxylic acids is 1. The lowest BCUT2D eigenvalue weighted by atomic mass is 9.87. The van der Waals surface area contributed by atoms with Gasteiger partial charge in [-0.25, -0.2) is 13.9 Å². The second kappa shape index (κ2) is 7.94. The van der Waals surface area contributed by atoms with E-state index in [0.29, 0.717) is 13.0 Å². The van der Waals surface area contributed by atoms with Crippen LogP contribution in [0.5, 0.6) is 0 Å². The van der Waals surface area contributed by atoms with Gasteiger partial charge < -0.3 is 14.4 Å². The van der Waals surface area contributed by atoms with Gasteiger partial charge in [-0.15, -0.1) is 0 Å². The van der Waals surface area contributed by atoms with Gasteiger partial charge in [0.25, 0.3) is 0 Å². The summed E-state index contributed by atoms with van der Waals surface area (Å²) in [5.74, 6) is -0.242. The Labute approximate surface area is 170 Å². The number of benzene rings is 1. The number of likely N-dealkylation sites (tertiary alicyclic amines) is 1. The van der Waals surface area contributed by atoms with E-state index in [-0.39, 0.29) is 18.7 Å². The maximum absolute atomic E-state index is 15.1. The molecule has 0 saturated carbocycles. The van der Waals surface area contributed by atoms with E-state index in [2.05, 4.69) is 5.10 Å². The highest BCUT2D eigenvalue weighted by molar-refractivity contribution is 5.79. The molecule has 1 aromatic carbocycles. The van der Waals surface area contributed by atoms with Crippen molar-refractivity contribution in [2.45, 2.75) is 70.4 Å². The van der Waals surface area contributed by atoms with Gasteiger partial charge in [0.1, 0.15) is 11.8 Å². The van der Waals surface area contributed by atoms with Gasteiger partial charge in [-0.3, -0.25) is 0 Å². The summed E-state index contributed by atoms with van der Waals surface area (Å²) in [7, 11) is 0. The largest absolute Gasteiger partial charge is 0.444 e. The number of halogens is 1. The standard InChI is InChI=1S/C22H30FN3O3/c1-22(2,3)29-21(27)25-10-9-17(18(23)14-25)15-7-8-16-13-24-26(19(16)12-15)20-6-4-5-11-28-20/h7-8,12-13,17-18,20H,4-6,9-11,14H2,1-3H3/t17-,18-,20?/m1/s1. The highest BCUT2D eigenvalue weighted by atomic mass is 19.1. The van der Waals surface area contributed by atoms with Crippen molar-refractivity contribution in [3.05, 3.63) is 30.0 Å². The quantitative estimate of drug-likeness (QED) is 0.723. The van der Waals surface area contributed by atoms with Crippen LogP contribution in [0.4, 0.5) is 9.18 Å². The van der Waals surface area contributed by atoms with E-state index in [0.717, 1.165) is 42.3 Å². The van der Waals surface area contributed by atoms with Crippen molar-refractivity contribution in [3.63, 3.8) is 0 Å². The van der Waals surface area contributed by atoms with Crippen LogP contribution < -0.4 is 0 Å². The highest BCUT2D eigenvalue weighted by Gasteiger charge is 2.34. The van der Waals surface area contributed by atoms with Crippen molar-refractivity contribution in [1.82, 2.24) is 14.7 Å². The molecule has 158 valence electrons. The van der Waals surface area contributed by atoms with Gasteiger partial charge in [0, 0.05) is 24.5 Å². The van der Waals surface area contributed by atoms with E-state index in [1.165, 1.54) is 4.90 Å². The van der Waals surface area contributed by atoms with Gasteiger partial charge in [-0.2, -0.15) is 5.10 Å². The third-order valence-corrected chi connectivity index (χ3v) is 5.67. The summed E-state index contributed by atoms with van der Waals surface area (Å²) in [5, 5.41) is 5.55. The van der Waals surface area contributed by atoms with Crippen molar-refractivity contribution in [2.75, 3.05) is 19.7 Å². The number of rotatable bonds is 2. The maximum Gasteiger partial charge on any atom is 0.410 e. The number of aromatic nitrogens is 2. The summed E-state index contributed by atoms with van der Waals surface area (Å²) >= 11 is 0. The van der Waals surface area contributed by atoms with Gasteiger partial charge in [0.05, 0.1) is 18.3 Å². The molecule has 3 atom stereocenters. The molecule has 6 nitrogen and oxygen atoms in total. The number of carbonyl (C=O) groups is 1. The zero-order chi connectivity index (χ0) is 20.6. The Bertz CT molecular complexity index is 870. The number of alkyl halides is 1. The minimum absolute atomic E-state index is 0.0494. The number of hydrogen-bond donors (Lipinski definition) is 0. The van der Waals surface area contributed by atoms with Crippen LogP contribution in [0, 0.1) is 0 Å². The Morgan fingerprint density at radius 1 is 1.28 bits per heavy atom. The number of fused-ring (bicyclic) bond motifs is 1. The molecule has 0 bridgehead atoms. The molecule has 4 rings (SSSR count). The molecule has 0 N–H and O–H groups in total. The Morgan fingerprint density at radius 2 is 2.10 bits per heavy atom. The summed E-state index contributed by atoms with van der Waals surface area (Å²) in [5.41, 5.74) is 1.35. The third kappa shape index (κ3) is 4.39. The summed E-state index contributed by atoms with van der Waals surface area (Å²) in [6.07, 6.45) is 3.95. The number of piperidine rings is 1. The lowest BCUT2D eigenvalue weighted by molar-refractivity contribution is -0.0366. The van der Waals surface area contributed by atoms with Crippen molar-refractivity contribution in [3.8, 4) is 0 Å². The lowest BCUT2D eigenvalue weighted by Crippen LogP contribution is -2.46. The van der Waals surface area contributed by atoms with Crippen molar-refractivity contribution < 1.29 is 18.7 Å². The fourth-order valence-electron chi connectivity index (χ4n) is 4.20. The number of nitrogens with zero attached hydrogens (tertiary/aromatic N) is 3. The van der Waals surface area contributed by atoms with E-state index in [9.17, 15) is 4.79 Å². The fraction of sp³-hybridized carbons (Fsp3) is 0.636. The van der Waals surface area contributed by atoms with Crippen molar-refractivity contribution in [1.29, 1.82) is 0 Å². The van der Waals surface area contributed by atoms with Crippen LogP contribution in [0.15, 0.2) is 24.4 Å². The Kier molecular flexibility index (Phi) is 5.51. The van der Waals surface area contributed by atoms with Crippen molar-refractivity contribution in [2.24, 2.45) is 0 Å². The zero-order valence-corrected chi connectivity index (χ0v) is 17.4. The second-order valence-corrected chi connectivity index (χ2v) is 9.07. The molecule has 0 aliphatic carbocycles. The second-order valence-electron chi connectivity index (χ2n) is 9.07. The average molecular weight is 403 g/mol. The van der Waals surface area contributed by atoms with E-state index < -0.39 is 17.9 Å². The first-order valence-corrected chi connectivity index (χ1v) is 10.5. The normalized spacial score (nSPS) is 25.9. The predicted octanol–water partition coefficient (Wildman–Crippen LogP) is 4.80. The van der Waals surface area contributed by atoms with Crippen LogP contribution in [0.2, 0.25) is 0 Å². The van der Waals surface area contributed by atoms with Crippen LogP contribution >= 0.6 is 0 Å². The van der Waals surface area contributed by atoms with Crippen LogP contribution in [-0.4, -0.2) is 52.2 Å². The van der Waals surface area contributed by atoms with Gasteiger partial charge in [-0.05, 0) is 58.1 Å². The third-order valence-electron chi connectivity index (χ3n) is 5.67. The monoisotopic (exact) mass is 403 g/mol. The molecular weight excluding hydrogens is 373 g/mol. The van der Waals surface area contributed by atoms with Crippen LogP contribution in [0.1, 0.15) is 64.2 Å². The molecule has 1 unspecified atom stereocenters. The van der Waals surface area contributed by atoms with Gasteiger partial charge in [0.2, 0.25) is 0 Å². The maximum atomic E-state index is 15.1. The molecule has 2 saturated heterocycles. The molecule has 3 heterocycles. The Hall–Kier alpha value is -2.15. The van der Waals surface area contributed by atoms with E-state index in [4.69, 9.17) is 9.47 Å². The predicted molar refractivity (Wildman–Crippen MR) is 109 cm³/mol. The van der Waals surface area contributed by atoms with Gasteiger partial charge in [0.15, 0.2) is 6.23 Å². The molecule has 0 spiro atoms. The van der Waals surface area contributed by atoms with E-state index in [1.54, 1.807) is 0 Å². The first-order valence-electron chi connectivity index (χ1n) is 10.5. The molecule has 2 fully saturated rings. The number of amides is 1. The number of ether oxygens (including phenoxy) is 2. The molecule has 2 aliphatic heterocycles. The minimum atomic E-state index is -1.13. The molecule has 2 aliphatic rings. The van der Waals surface area contributed by atoms with E-state index >= 15 is 4.39 Å². The molecular formula is C22H30FN3O3. The molecule has 7 heteroatoms. The number of hydrogen-bond acceptors (Lipinski definition) is 4. The molecule has 1 amide bonds. The summed E-state index contributed by atoms with van der Waals surface area (Å²) in [6.45, 7) is 6.75. The molecule has 0 radical (unpaired) electrons. The summed E-state index contributed by atoms with van der Waals surface area (Å²) in [4.78, 5) is 13.8. The zero-order valence-electron chi connectivity index (χ0n) is 17.4. The summed E-state index contributed by atoms with van der Waals surface area (Å²) < 4.78 is 28.3. The smallest absolute Gasteiger partial charge is 0.410 e. The Balaban J connectivity index is 1.50. The first kappa shape index (κ1) is 20.1. The fourth-order valence-corrected chi connectivity index (χ4v) is 4.20. The van der Waals surface area contributed by atoms with Crippen molar-refractivity contribution >= 4 is 17.0 Å². The van der Waals surface area contributed by atoms with Crippen LogP contribution in [-0.2, 0) is 9.47 Å². The van der Waals surface area contributed by atoms with Gasteiger partial charge >= 0.3 is 6.09 Å². The first-order chi connectivity index (χ1) is 13.8. The molecule has 1 aromatic heterocycles. The highest BCUT2D eigenvalue weighted by Crippen LogP contribution is 2.34. The van der Waals surface area contributed by atoms with Crippen LogP contribution in [0.25, 0.3) is 10.9 Å². The molecule has 2 aromatic rings. The lowest BCUT2D eigenvalue weighted by Gasteiger charge is -2.36. The molecule has 29 heavy (non-hydrogen) atoms. The minimum Gasteiger partial charge on any atom is -0.444 e.